The number of carboxylic acid groups (broad SMARTS) is 1. The highest BCUT2D eigenvalue weighted by Crippen LogP contribution is 2.22. The van der Waals surface area contributed by atoms with Gasteiger partial charge in [0.1, 0.15) is 12.4 Å². The molecule has 0 unspecified atom stereocenters. The molecule has 1 rings (SSSR count). The van der Waals surface area contributed by atoms with Gasteiger partial charge < -0.3 is 9.84 Å². The van der Waals surface area contributed by atoms with Crippen molar-refractivity contribution < 1.29 is 32.5 Å². The summed E-state index contributed by atoms with van der Waals surface area (Å²) in [5, 5.41) is 8.75. The van der Waals surface area contributed by atoms with Crippen molar-refractivity contribution in [1.82, 2.24) is 0 Å². The zero-order chi connectivity index (χ0) is 13.8. The monoisotopic (exact) mass is 376 g/mol. The molecule has 0 amide bonds. The Hall–Kier alpha value is -1.03. The zero-order valence-electron chi connectivity index (χ0n) is 8.83. The second kappa shape index (κ2) is 6.23. The lowest BCUT2D eigenvalue weighted by molar-refractivity contribution is -0.325. The van der Waals surface area contributed by atoms with Gasteiger partial charge in [-0.2, -0.15) is 0 Å². The normalized spacial score (nSPS) is 11.3. The summed E-state index contributed by atoms with van der Waals surface area (Å²) < 4.78 is 44.2. The van der Waals surface area contributed by atoms with Gasteiger partial charge in [-0.15, -0.1) is 13.2 Å². The number of rotatable bonds is 5. The minimum absolute atomic E-state index is 0.00200. The molecule has 4 nitrogen and oxygen atoms in total. The molecule has 0 aliphatic rings. The van der Waals surface area contributed by atoms with Crippen LogP contribution in [-0.2, 0) is 4.74 Å². The van der Waals surface area contributed by atoms with Crippen LogP contribution in [0.25, 0.3) is 0 Å². The molecular formula is C10H8F3IO4. The van der Waals surface area contributed by atoms with E-state index in [1.54, 1.807) is 0 Å². The molecule has 1 N–H and O–H groups in total. The smallest absolute Gasteiger partial charge is 0.490 e. The highest BCUT2D eigenvalue weighted by Gasteiger charge is 2.28. The van der Waals surface area contributed by atoms with Crippen LogP contribution < -0.4 is 4.74 Å². The van der Waals surface area contributed by atoms with Crippen molar-refractivity contribution in [2.24, 2.45) is 0 Å². The van der Waals surface area contributed by atoms with Crippen LogP contribution in [0.5, 0.6) is 5.75 Å². The quantitative estimate of drug-likeness (QED) is 0.635. The van der Waals surface area contributed by atoms with E-state index in [9.17, 15) is 18.0 Å². The molecule has 18 heavy (non-hydrogen) atoms. The number of aromatic carboxylic acids is 1. The first-order chi connectivity index (χ1) is 8.29. The number of halogens is 4. The molecule has 0 aliphatic heterocycles. The summed E-state index contributed by atoms with van der Waals surface area (Å²) in [6.45, 7) is -0.977. The van der Waals surface area contributed by atoms with Gasteiger partial charge in [-0.05, 0) is 40.8 Å². The van der Waals surface area contributed by atoms with E-state index in [0.717, 1.165) is 0 Å². The van der Waals surface area contributed by atoms with Gasteiger partial charge in [-0.25, -0.2) is 4.79 Å². The maximum atomic E-state index is 11.7. The lowest BCUT2D eigenvalue weighted by Crippen LogP contribution is -2.18. The molecule has 0 spiro atoms. The molecule has 0 radical (unpaired) electrons. The van der Waals surface area contributed by atoms with Crippen molar-refractivity contribution in [3.05, 3.63) is 27.3 Å². The summed E-state index contributed by atoms with van der Waals surface area (Å²) >= 11 is 1.89. The highest BCUT2D eigenvalue weighted by atomic mass is 127. The van der Waals surface area contributed by atoms with Crippen LogP contribution in [0.3, 0.4) is 0 Å². The van der Waals surface area contributed by atoms with Gasteiger partial charge in [0.2, 0.25) is 0 Å². The van der Waals surface area contributed by atoms with Gasteiger partial charge >= 0.3 is 12.3 Å². The first-order valence-electron chi connectivity index (χ1n) is 4.66. The van der Waals surface area contributed by atoms with Crippen molar-refractivity contribution in [3.63, 3.8) is 0 Å². The van der Waals surface area contributed by atoms with Crippen molar-refractivity contribution in [3.8, 4) is 5.75 Å². The molecule has 0 aromatic heterocycles. The van der Waals surface area contributed by atoms with Crippen LogP contribution in [-0.4, -0.2) is 30.7 Å². The van der Waals surface area contributed by atoms with E-state index in [2.05, 4.69) is 4.74 Å². The first-order valence-corrected chi connectivity index (χ1v) is 5.74. The molecule has 1 aromatic carbocycles. The Bertz CT molecular complexity index is 434. The van der Waals surface area contributed by atoms with Crippen LogP contribution in [0.2, 0.25) is 0 Å². The Morgan fingerprint density at radius 2 is 2.00 bits per heavy atom. The van der Waals surface area contributed by atoms with E-state index < -0.39 is 18.9 Å². The van der Waals surface area contributed by atoms with Crippen molar-refractivity contribution >= 4 is 28.6 Å². The SMILES string of the molecule is O=C(O)c1ccc(I)c(OCCOC(F)(F)F)c1. The molecular weight excluding hydrogens is 368 g/mol. The number of carboxylic acids is 1. The fourth-order valence-electron chi connectivity index (χ4n) is 1.06. The summed E-state index contributed by atoms with van der Waals surface area (Å²) in [4.78, 5) is 10.7. The summed E-state index contributed by atoms with van der Waals surface area (Å²) in [6, 6.07) is 4.13. The number of benzene rings is 1. The second-order valence-corrected chi connectivity index (χ2v) is 4.26. The van der Waals surface area contributed by atoms with Gasteiger partial charge in [0.05, 0.1) is 15.7 Å². The Kier molecular flexibility index (Phi) is 5.20. The van der Waals surface area contributed by atoms with E-state index in [1.807, 2.05) is 22.6 Å². The van der Waals surface area contributed by atoms with Crippen LogP contribution in [0.4, 0.5) is 13.2 Å². The second-order valence-electron chi connectivity index (χ2n) is 3.09. The average molecular weight is 376 g/mol. The lowest BCUT2D eigenvalue weighted by Gasteiger charge is -2.10. The van der Waals surface area contributed by atoms with Crippen molar-refractivity contribution in [2.75, 3.05) is 13.2 Å². The maximum Gasteiger partial charge on any atom is 0.522 e. The van der Waals surface area contributed by atoms with E-state index in [0.29, 0.717) is 3.57 Å². The van der Waals surface area contributed by atoms with Gasteiger partial charge in [0.25, 0.3) is 0 Å². The average Bonchev–Trinajstić information content (AvgIpc) is 2.24. The number of carbonyl (C=O) groups is 1. The van der Waals surface area contributed by atoms with Crippen LogP contribution in [0.1, 0.15) is 10.4 Å². The third-order valence-corrected chi connectivity index (χ3v) is 2.68. The molecule has 0 heterocycles. The summed E-state index contributed by atoms with van der Waals surface area (Å²) in [5.41, 5.74) is 0.00200. The zero-order valence-corrected chi connectivity index (χ0v) is 11.0. The topological polar surface area (TPSA) is 55.8 Å². The predicted octanol–water partition coefficient (Wildman–Crippen LogP) is 2.90. The molecule has 100 valence electrons. The lowest BCUT2D eigenvalue weighted by atomic mass is 10.2. The Morgan fingerprint density at radius 3 is 2.56 bits per heavy atom. The molecule has 0 bridgehead atoms. The molecule has 8 heteroatoms. The molecule has 0 atom stereocenters. The van der Waals surface area contributed by atoms with Gasteiger partial charge in [-0.3, -0.25) is 4.74 Å². The van der Waals surface area contributed by atoms with E-state index >= 15 is 0 Å². The van der Waals surface area contributed by atoms with Gasteiger partial charge in [0, 0.05) is 0 Å². The third-order valence-electron chi connectivity index (χ3n) is 1.78. The third kappa shape index (κ3) is 5.08. The summed E-state index contributed by atoms with van der Waals surface area (Å²) in [6.07, 6.45) is -4.70. The first kappa shape index (κ1) is 15.0. The van der Waals surface area contributed by atoms with Gasteiger partial charge in [-0.1, -0.05) is 0 Å². The van der Waals surface area contributed by atoms with Crippen LogP contribution in [0.15, 0.2) is 18.2 Å². The Morgan fingerprint density at radius 1 is 1.33 bits per heavy atom. The molecule has 0 saturated heterocycles. The van der Waals surface area contributed by atoms with Crippen molar-refractivity contribution in [1.29, 1.82) is 0 Å². The fraction of sp³-hybridized carbons (Fsp3) is 0.300. The number of ether oxygens (including phenoxy) is 2. The largest absolute Gasteiger partial charge is 0.522 e. The number of hydrogen-bond donors (Lipinski definition) is 1. The minimum Gasteiger partial charge on any atom is -0.490 e. The standard InChI is InChI=1S/C10H8F3IO4/c11-10(12,13)18-4-3-17-8-5-6(9(15)16)1-2-7(8)14/h1-2,5H,3-4H2,(H,15,16). The predicted molar refractivity (Wildman–Crippen MR) is 63.6 cm³/mol. The van der Waals surface area contributed by atoms with E-state index in [-0.39, 0.29) is 17.9 Å². The maximum absolute atomic E-state index is 11.7. The molecule has 0 aliphatic carbocycles. The summed E-state index contributed by atoms with van der Waals surface area (Å²) in [7, 11) is 0. The van der Waals surface area contributed by atoms with Crippen LogP contribution >= 0.6 is 22.6 Å². The number of hydrogen-bond acceptors (Lipinski definition) is 3. The van der Waals surface area contributed by atoms with Crippen LogP contribution in [0, 0.1) is 3.57 Å². The van der Waals surface area contributed by atoms with Crippen molar-refractivity contribution in [2.45, 2.75) is 6.36 Å². The summed E-state index contributed by atoms with van der Waals surface area (Å²) in [5.74, 6) is -0.927. The van der Waals surface area contributed by atoms with Gasteiger partial charge in [0.15, 0.2) is 0 Å². The van der Waals surface area contributed by atoms with E-state index in [4.69, 9.17) is 9.84 Å². The Labute approximate surface area is 114 Å². The molecule has 1 aromatic rings. The van der Waals surface area contributed by atoms with E-state index in [1.165, 1.54) is 18.2 Å². The molecule has 0 saturated carbocycles. The Balaban J connectivity index is 2.56. The highest BCUT2D eigenvalue weighted by molar-refractivity contribution is 14.1. The number of alkyl halides is 3. The fourth-order valence-corrected chi connectivity index (χ4v) is 1.55. The minimum atomic E-state index is -4.70. The molecule has 0 fully saturated rings.